The minimum absolute atomic E-state index is 0.0419. The van der Waals surface area contributed by atoms with E-state index >= 15 is 0 Å². The summed E-state index contributed by atoms with van der Waals surface area (Å²) in [6.45, 7) is 0.185. The standard InChI is InChI=1S/C24H19BrN2O4/c1-31-19-9-3-7-17(12-19)22(28)20-21(16-6-2-8-18(25)11-16)27(24(30)23(20)29)14-15-5-4-10-26-13-15/h2-13,21,28H,14H2,1H3/b22-20-. The van der Waals surface area contributed by atoms with Crippen molar-refractivity contribution in [2.75, 3.05) is 7.11 Å². The first kappa shape index (κ1) is 20.8. The molecular weight excluding hydrogens is 460 g/mol. The van der Waals surface area contributed by atoms with Gasteiger partial charge in [0.1, 0.15) is 11.5 Å². The maximum absolute atomic E-state index is 13.1. The summed E-state index contributed by atoms with van der Waals surface area (Å²) >= 11 is 3.45. The first-order chi connectivity index (χ1) is 15.0. The number of hydrogen-bond acceptors (Lipinski definition) is 5. The Labute approximate surface area is 187 Å². The van der Waals surface area contributed by atoms with Gasteiger partial charge >= 0.3 is 0 Å². The molecule has 31 heavy (non-hydrogen) atoms. The normalized spacial score (nSPS) is 17.7. The summed E-state index contributed by atoms with van der Waals surface area (Å²) in [5.41, 5.74) is 1.94. The van der Waals surface area contributed by atoms with Crippen LogP contribution in [-0.2, 0) is 16.1 Å². The van der Waals surface area contributed by atoms with Gasteiger partial charge in [-0.2, -0.15) is 0 Å². The number of benzene rings is 2. The monoisotopic (exact) mass is 478 g/mol. The van der Waals surface area contributed by atoms with Gasteiger partial charge < -0.3 is 14.7 Å². The van der Waals surface area contributed by atoms with Crippen LogP contribution in [0.2, 0.25) is 0 Å². The molecule has 156 valence electrons. The Bertz CT molecular complexity index is 1180. The van der Waals surface area contributed by atoms with Gasteiger partial charge in [0.15, 0.2) is 0 Å². The minimum atomic E-state index is -0.746. The van der Waals surface area contributed by atoms with Crippen LogP contribution in [0.15, 0.2) is 83.1 Å². The lowest BCUT2D eigenvalue weighted by molar-refractivity contribution is -0.140. The van der Waals surface area contributed by atoms with Crippen molar-refractivity contribution in [1.29, 1.82) is 0 Å². The Balaban J connectivity index is 1.87. The second-order valence-electron chi connectivity index (χ2n) is 7.08. The maximum Gasteiger partial charge on any atom is 0.295 e. The van der Waals surface area contributed by atoms with E-state index in [0.29, 0.717) is 16.9 Å². The number of aliphatic hydroxyl groups is 1. The summed E-state index contributed by atoms with van der Waals surface area (Å²) < 4.78 is 6.04. The van der Waals surface area contributed by atoms with E-state index in [9.17, 15) is 14.7 Å². The third-order valence-corrected chi connectivity index (χ3v) is 5.62. The molecule has 1 N–H and O–H groups in total. The number of pyridine rings is 1. The Hall–Kier alpha value is -3.45. The molecule has 1 aromatic heterocycles. The highest BCUT2D eigenvalue weighted by Gasteiger charge is 2.46. The van der Waals surface area contributed by atoms with Crippen molar-refractivity contribution >= 4 is 33.4 Å². The first-order valence-corrected chi connectivity index (χ1v) is 10.4. The molecule has 1 amide bonds. The van der Waals surface area contributed by atoms with Crippen LogP contribution in [0.1, 0.15) is 22.7 Å². The van der Waals surface area contributed by atoms with Crippen molar-refractivity contribution in [1.82, 2.24) is 9.88 Å². The van der Waals surface area contributed by atoms with Gasteiger partial charge in [-0.3, -0.25) is 14.6 Å². The van der Waals surface area contributed by atoms with E-state index in [4.69, 9.17) is 4.74 Å². The average Bonchev–Trinajstić information content (AvgIpc) is 3.04. The van der Waals surface area contributed by atoms with Crippen LogP contribution in [0.4, 0.5) is 0 Å². The summed E-state index contributed by atoms with van der Waals surface area (Å²) in [5.74, 6) is -1.10. The lowest BCUT2D eigenvalue weighted by Crippen LogP contribution is -2.29. The van der Waals surface area contributed by atoms with Gasteiger partial charge in [0.25, 0.3) is 11.7 Å². The quantitative estimate of drug-likeness (QED) is 0.332. The Morgan fingerprint density at radius 1 is 1.13 bits per heavy atom. The number of Topliss-reactive ketones (excluding diaryl/α,β-unsaturated/α-hetero) is 1. The number of nitrogens with zero attached hydrogens (tertiary/aromatic N) is 2. The van der Waals surface area contributed by atoms with Crippen LogP contribution in [-0.4, -0.2) is 33.8 Å². The van der Waals surface area contributed by atoms with Gasteiger partial charge in [0, 0.05) is 29.0 Å². The maximum atomic E-state index is 13.1. The third kappa shape index (κ3) is 4.09. The molecule has 2 aromatic carbocycles. The number of amides is 1. The molecule has 1 fully saturated rings. The van der Waals surface area contributed by atoms with Crippen molar-refractivity contribution in [3.8, 4) is 5.75 Å². The number of ketones is 1. The molecule has 0 spiro atoms. The van der Waals surface area contributed by atoms with Crippen molar-refractivity contribution in [2.24, 2.45) is 0 Å². The highest BCUT2D eigenvalue weighted by Crippen LogP contribution is 2.41. The van der Waals surface area contributed by atoms with E-state index < -0.39 is 17.7 Å². The van der Waals surface area contributed by atoms with E-state index in [1.807, 2.05) is 30.3 Å². The van der Waals surface area contributed by atoms with Crippen molar-refractivity contribution in [3.05, 3.63) is 99.8 Å². The molecule has 3 aromatic rings. The SMILES string of the molecule is COc1cccc(/C(O)=C2/C(=O)C(=O)N(Cc3cccnc3)C2c2cccc(Br)c2)c1. The summed E-state index contributed by atoms with van der Waals surface area (Å²) in [5, 5.41) is 11.1. The largest absolute Gasteiger partial charge is 0.507 e. The molecule has 0 radical (unpaired) electrons. The number of hydrogen-bond donors (Lipinski definition) is 1. The zero-order valence-electron chi connectivity index (χ0n) is 16.7. The molecule has 1 atom stereocenters. The van der Waals surface area contributed by atoms with E-state index in [-0.39, 0.29) is 17.9 Å². The average molecular weight is 479 g/mol. The fourth-order valence-corrected chi connectivity index (χ4v) is 4.10. The molecule has 1 aliphatic heterocycles. The second-order valence-corrected chi connectivity index (χ2v) is 7.99. The van der Waals surface area contributed by atoms with Gasteiger partial charge in [-0.1, -0.05) is 46.3 Å². The van der Waals surface area contributed by atoms with E-state index in [1.165, 1.54) is 12.0 Å². The number of halogens is 1. The Kier molecular flexibility index (Phi) is 5.86. The predicted molar refractivity (Wildman–Crippen MR) is 119 cm³/mol. The first-order valence-electron chi connectivity index (χ1n) is 9.57. The topological polar surface area (TPSA) is 79.7 Å². The van der Waals surface area contributed by atoms with Crippen LogP contribution in [0.5, 0.6) is 5.75 Å². The number of rotatable bonds is 5. The molecule has 0 bridgehead atoms. The number of aromatic nitrogens is 1. The molecule has 4 rings (SSSR count). The second kappa shape index (κ2) is 8.73. The molecule has 6 nitrogen and oxygen atoms in total. The zero-order chi connectivity index (χ0) is 22.0. The van der Waals surface area contributed by atoms with Crippen LogP contribution < -0.4 is 4.74 Å². The van der Waals surface area contributed by atoms with Gasteiger partial charge in [0.05, 0.1) is 18.7 Å². The number of methoxy groups -OCH3 is 1. The summed E-state index contributed by atoms with van der Waals surface area (Å²) in [7, 11) is 1.52. The predicted octanol–water partition coefficient (Wildman–Crippen LogP) is 4.47. The van der Waals surface area contributed by atoms with Crippen LogP contribution >= 0.6 is 15.9 Å². The zero-order valence-corrected chi connectivity index (χ0v) is 18.2. The van der Waals surface area contributed by atoms with Crippen LogP contribution in [0.25, 0.3) is 5.76 Å². The fourth-order valence-electron chi connectivity index (χ4n) is 3.68. The molecule has 0 aliphatic carbocycles. The van der Waals surface area contributed by atoms with Crippen LogP contribution in [0.3, 0.4) is 0 Å². The van der Waals surface area contributed by atoms with Gasteiger partial charge in [-0.25, -0.2) is 0 Å². The van der Waals surface area contributed by atoms with Crippen LogP contribution in [0, 0.1) is 0 Å². The van der Waals surface area contributed by atoms with E-state index in [0.717, 1.165) is 10.0 Å². The third-order valence-electron chi connectivity index (χ3n) is 5.12. The highest BCUT2D eigenvalue weighted by molar-refractivity contribution is 9.10. The molecule has 2 heterocycles. The molecule has 0 saturated carbocycles. The molecule has 1 aliphatic rings. The Morgan fingerprint density at radius 3 is 2.65 bits per heavy atom. The van der Waals surface area contributed by atoms with E-state index in [2.05, 4.69) is 20.9 Å². The number of likely N-dealkylation sites (tertiary alicyclic amines) is 1. The summed E-state index contributed by atoms with van der Waals surface area (Å²) in [4.78, 5) is 31.7. The number of ether oxygens (including phenoxy) is 1. The van der Waals surface area contributed by atoms with Gasteiger partial charge in [0.2, 0.25) is 0 Å². The smallest absolute Gasteiger partial charge is 0.295 e. The van der Waals surface area contributed by atoms with Crippen molar-refractivity contribution in [3.63, 3.8) is 0 Å². The number of aliphatic hydroxyl groups excluding tert-OH is 1. The lowest BCUT2D eigenvalue weighted by Gasteiger charge is -2.25. The molecule has 1 saturated heterocycles. The van der Waals surface area contributed by atoms with E-state index in [1.54, 1.807) is 42.7 Å². The number of carbonyl (C=O) groups is 2. The number of carbonyl (C=O) groups excluding carboxylic acids is 2. The van der Waals surface area contributed by atoms with Crippen molar-refractivity contribution in [2.45, 2.75) is 12.6 Å². The summed E-state index contributed by atoms with van der Waals surface area (Å²) in [6.07, 6.45) is 3.30. The lowest BCUT2D eigenvalue weighted by atomic mass is 9.95. The Morgan fingerprint density at radius 2 is 1.94 bits per heavy atom. The summed E-state index contributed by atoms with van der Waals surface area (Å²) in [6, 6.07) is 17.0. The molecular formula is C24H19BrN2O4. The minimum Gasteiger partial charge on any atom is -0.507 e. The molecule has 7 heteroatoms. The molecule has 1 unspecified atom stereocenters. The van der Waals surface area contributed by atoms with Crippen molar-refractivity contribution < 1.29 is 19.4 Å². The van der Waals surface area contributed by atoms with Gasteiger partial charge in [-0.05, 0) is 41.5 Å². The fraction of sp³-hybridized carbons (Fsp3) is 0.125. The highest BCUT2D eigenvalue weighted by atomic mass is 79.9. The van der Waals surface area contributed by atoms with Gasteiger partial charge in [-0.15, -0.1) is 0 Å².